The molecule has 0 bridgehead atoms. The van der Waals surface area contributed by atoms with Crippen LogP contribution in [0.1, 0.15) is 47.0 Å². The van der Waals surface area contributed by atoms with E-state index in [1.54, 1.807) is 6.92 Å². The number of aliphatic imine (C=N–C) groups is 1. The lowest BCUT2D eigenvalue weighted by Crippen LogP contribution is -2.51. The molecule has 190 valence electrons. The minimum absolute atomic E-state index is 0.000872. The average molecular weight is 483 g/mol. The number of guanidine groups is 1. The summed E-state index contributed by atoms with van der Waals surface area (Å²) in [4.78, 5) is 40.0. The zero-order valence-electron chi connectivity index (χ0n) is 19.1. The Balaban J connectivity index is 3.21. The van der Waals surface area contributed by atoms with Crippen molar-refractivity contribution in [1.29, 1.82) is 0 Å². The van der Waals surface area contributed by atoms with E-state index >= 15 is 0 Å². The molecule has 5 atom stereocenters. The van der Waals surface area contributed by atoms with Crippen LogP contribution in [0, 0.1) is 17.8 Å². The largest absolute Gasteiger partial charge is 0.466 e. The molecule has 1 unspecified atom stereocenters. The monoisotopic (exact) mass is 482 g/mol. The van der Waals surface area contributed by atoms with Gasteiger partial charge in [-0.3, -0.25) is 14.9 Å². The molecular formula is C20H33F3N4O6. The Morgan fingerprint density at radius 3 is 2.27 bits per heavy atom. The van der Waals surface area contributed by atoms with E-state index < -0.39 is 60.8 Å². The van der Waals surface area contributed by atoms with E-state index in [9.17, 15) is 32.7 Å². The first-order chi connectivity index (χ1) is 15.3. The minimum atomic E-state index is -4.71. The molecule has 5 N–H and O–H groups in total. The summed E-state index contributed by atoms with van der Waals surface area (Å²) in [7, 11) is 0. The fourth-order valence-electron chi connectivity index (χ4n) is 4.19. The quantitative estimate of drug-likeness (QED) is 0.220. The standard InChI is InChI=1S/C20H33F3N4O6/c1-5-11(6-2)15(25-10(4)28)14-13(8-12(16(14)29)17(30)32-7-3)26-18(24)27-19(31)33-9-20(21,22)23/h11-16,29H,5-9H2,1-4H3,(H,25,28)(H3,24,26,27,31)/t12-,13+,14+,15?,16+/m0/s1. The van der Waals surface area contributed by atoms with E-state index in [0.717, 1.165) is 0 Å². The van der Waals surface area contributed by atoms with Crippen LogP contribution in [-0.4, -0.2) is 66.6 Å². The molecule has 1 aliphatic rings. The molecule has 1 aliphatic carbocycles. The Bertz CT molecular complexity index is 714. The number of hydrogen-bond acceptors (Lipinski definition) is 7. The van der Waals surface area contributed by atoms with Crippen LogP contribution in [0.15, 0.2) is 4.99 Å². The lowest BCUT2D eigenvalue weighted by atomic mass is 9.80. The van der Waals surface area contributed by atoms with Crippen molar-refractivity contribution < 1.29 is 42.1 Å². The molecule has 0 radical (unpaired) electrons. The summed E-state index contributed by atoms with van der Waals surface area (Å²) in [6.45, 7) is 5.06. The molecular weight excluding hydrogens is 449 g/mol. The van der Waals surface area contributed by atoms with Gasteiger partial charge in [-0.05, 0) is 19.3 Å². The highest BCUT2D eigenvalue weighted by Gasteiger charge is 2.51. The normalized spacial score (nSPS) is 24.3. The van der Waals surface area contributed by atoms with Gasteiger partial charge in [0.15, 0.2) is 12.6 Å². The SMILES string of the molecule is CCOC(=O)[C@H]1C[C@@H](N=C(N)NC(=O)OCC(F)(F)F)[C@H](C(NC(C)=O)C(CC)CC)[C@@H]1O. The third-order valence-corrected chi connectivity index (χ3v) is 5.58. The second-order valence-electron chi connectivity index (χ2n) is 7.86. The summed E-state index contributed by atoms with van der Waals surface area (Å²) in [6, 6.07) is -1.42. The van der Waals surface area contributed by atoms with Crippen molar-refractivity contribution in [3.8, 4) is 0 Å². The highest BCUT2D eigenvalue weighted by molar-refractivity contribution is 5.93. The molecule has 0 spiro atoms. The van der Waals surface area contributed by atoms with E-state index in [2.05, 4.69) is 15.0 Å². The smallest absolute Gasteiger partial charge is 0.422 e. The number of halogens is 3. The van der Waals surface area contributed by atoms with Gasteiger partial charge in [0.25, 0.3) is 0 Å². The summed E-state index contributed by atoms with van der Waals surface area (Å²) < 4.78 is 45.7. The van der Waals surface area contributed by atoms with E-state index in [-0.39, 0.29) is 24.9 Å². The van der Waals surface area contributed by atoms with Crippen molar-refractivity contribution in [1.82, 2.24) is 10.6 Å². The molecule has 2 amide bonds. The third-order valence-electron chi connectivity index (χ3n) is 5.58. The predicted octanol–water partition coefficient (Wildman–Crippen LogP) is 1.46. The number of carbonyl (C=O) groups is 3. The maximum atomic E-state index is 12.4. The number of aliphatic hydroxyl groups is 1. The van der Waals surface area contributed by atoms with Crippen LogP contribution >= 0.6 is 0 Å². The first-order valence-corrected chi connectivity index (χ1v) is 10.8. The lowest BCUT2D eigenvalue weighted by molar-refractivity contribution is -0.160. The summed E-state index contributed by atoms with van der Waals surface area (Å²) in [6.07, 6.45) is -6.09. The number of hydrogen-bond donors (Lipinski definition) is 4. The van der Waals surface area contributed by atoms with Gasteiger partial charge >= 0.3 is 18.2 Å². The van der Waals surface area contributed by atoms with Crippen LogP contribution in [-0.2, 0) is 19.1 Å². The number of nitrogens with one attached hydrogen (secondary N) is 2. The van der Waals surface area contributed by atoms with Gasteiger partial charge in [0.05, 0.1) is 24.7 Å². The molecule has 0 aromatic carbocycles. The number of esters is 1. The molecule has 0 aromatic heterocycles. The number of ether oxygens (including phenoxy) is 2. The molecule has 13 heteroatoms. The molecule has 1 saturated carbocycles. The number of nitrogens with zero attached hydrogens (tertiary/aromatic N) is 1. The Hall–Kier alpha value is -2.57. The molecule has 1 fully saturated rings. The summed E-state index contributed by atoms with van der Waals surface area (Å²) >= 11 is 0. The number of alkyl halides is 3. The fourth-order valence-corrected chi connectivity index (χ4v) is 4.19. The van der Waals surface area contributed by atoms with Crippen LogP contribution in [0.5, 0.6) is 0 Å². The average Bonchev–Trinajstić information content (AvgIpc) is 3.01. The number of aliphatic hydroxyl groups excluding tert-OH is 1. The Morgan fingerprint density at radius 1 is 1.18 bits per heavy atom. The van der Waals surface area contributed by atoms with Gasteiger partial charge < -0.3 is 25.6 Å². The van der Waals surface area contributed by atoms with E-state index in [1.807, 2.05) is 19.2 Å². The second kappa shape index (κ2) is 12.6. The Morgan fingerprint density at radius 2 is 1.79 bits per heavy atom. The van der Waals surface area contributed by atoms with Crippen molar-refractivity contribution >= 4 is 23.9 Å². The van der Waals surface area contributed by atoms with Crippen molar-refractivity contribution in [2.75, 3.05) is 13.2 Å². The maximum absolute atomic E-state index is 12.4. The summed E-state index contributed by atoms with van der Waals surface area (Å²) in [5.74, 6) is -3.32. The molecule has 33 heavy (non-hydrogen) atoms. The summed E-state index contributed by atoms with van der Waals surface area (Å²) in [5, 5.41) is 15.7. The Kier molecular flexibility index (Phi) is 10.9. The molecule has 10 nitrogen and oxygen atoms in total. The van der Waals surface area contributed by atoms with Gasteiger partial charge in [-0.25, -0.2) is 9.79 Å². The zero-order valence-corrected chi connectivity index (χ0v) is 19.1. The van der Waals surface area contributed by atoms with Gasteiger partial charge in [-0.1, -0.05) is 26.7 Å². The van der Waals surface area contributed by atoms with Crippen LogP contribution < -0.4 is 16.4 Å². The molecule has 0 heterocycles. The van der Waals surface area contributed by atoms with Gasteiger partial charge in [0.2, 0.25) is 5.91 Å². The second-order valence-corrected chi connectivity index (χ2v) is 7.86. The molecule has 0 aliphatic heterocycles. The van der Waals surface area contributed by atoms with Crippen molar-refractivity contribution in [3.05, 3.63) is 0 Å². The van der Waals surface area contributed by atoms with Gasteiger partial charge in [-0.2, -0.15) is 13.2 Å². The van der Waals surface area contributed by atoms with Gasteiger partial charge in [0.1, 0.15) is 0 Å². The first-order valence-electron chi connectivity index (χ1n) is 10.8. The first kappa shape index (κ1) is 28.5. The molecule has 0 aromatic rings. The van der Waals surface area contributed by atoms with Crippen LogP contribution in [0.4, 0.5) is 18.0 Å². The molecule has 0 saturated heterocycles. The van der Waals surface area contributed by atoms with Crippen LogP contribution in [0.2, 0.25) is 0 Å². The zero-order chi connectivity index (χ0) is 25.3. The number of carbonyl (C=O) groups excluding carboxylic acids is 3. The number of nitrogens with two attached hydrogens (primary N) is 1. The molecule has 1 rings (SSSR count). The number of amides is 2. The van der Waals surface area contributed by atoms with Gasteiger partial charge in [0, 0.05) is 18.9 Å². The predicted molar refractivity (Wildman–Crippen MR) is 112 cm³/mol. The van der Waals surface area contributed by atoms with Gasteiger partial charge in [-0.15, -0.1) is 0 Å². The highest BCUT2D eigenvalue weighted by Crippen LogP contribution is 2.40. The lowest BCUT2D eigenvalue weighted by Gasteiger charge is -2.35. The number of alkyl carbamates (subject to hydrolysis) is 1. The highest BCUT2D eigenvalue weighted by atomic mass is 19.4. The van der Waals surface area contributed by atoms with Crippen LogP contribution in [0.3, 0.4) is 0 Å². The van der Waals surface area contributed by atoms with Crippen molar-refractivity contribution in [3.63, 3.8) is 0 Å². The van der Waals surface area contributed by atoms with E-state index in [4.69, 9.17) is 10.5 Å². The van der Waals surface area contributed by atoms with Crippen molar-refractivity contribution in [2.24, 2.45) is 28.5 Å². The van der Waals surface area contributed by atoms with E-state index in [1.165, 1.54) is 6.92 Å². The minimum Gasteiger partial charge on any atom is -0.466 e. The third kappa shape index (κ3) is 8.71. The van der Waals surface area contributed by atoms with Crippen LogP contribution in [0.25, 0.3) is 0 Å². The van der Waals surface area contributed by atoms with Crippen molar-refractivity contribution in [2.45, 2.75) is 71.3 Å². The maximum Gasteiger partial charge on any atom is 0.422 e. The topological polar surface area (TPSA) is 152 Å². The van der Waals surface area contributed by atoms with E-state index in [0.29, 0.717) is 12.8 Å². The number of rotatable bonds is 9. The summed E-state index contributed by atoms with van der Waals surface area (Å²) in [5.41, 5.74) is 5.70. The fraction of sp³-hybridized carbons (Fsp3) is 0.800. The Labute approximate surface area is 190 Å².